The molecule has 0 fully saturated rings. The van der Waals surface area contributed by atoms with Crippen molar-refractivity contribution in [2.24, 2.45) is 5.73 Å². The summed E-state index contributed by atoms with van der Waals surface area (Å²) in [4.78, 5) is 3.58. The lowest BCUT2D eigenvalue weighted by molar-refractivity contribution is 0.00567. The molecule has 0 aliphatic carbocycles. The molecule has 0 aliphatic rings. The minimum atomic E-state index is -3.13. The standard InChI is InChI=1S/C7H6BrClF2N2/c8-4-1-5(6(9)13-2-4)7(10,11)3-12/h1-2H,3,12H2. The molecular weight excluding hydrogens is 265 g/mol. The van der Waals surface area contributed by atoms with Gasteiger partial charge < -0.3 is 5.73 Å². The largest absolute Gasteiger partial charge is 0.325 e. The molecule has 0 saturated carbocycles. The molecule has 72 valence electrons. The molecule has 0 amide bonds. The van der Waals surface area contributed by atoms with E-state index >= 15 is 0 Å². The van der Waals surface area contributed by atoms with Crippen molar-refractivity contribution in [2.45, 2.75) is 5.92 Å². The van der Waals surface area contributed by atoms with Crippen LogP contribution in [0.5, 0.6) is 0 Å². The van der Waals surface area contributed by atoms with Crippen molar-refractivity contribution < 1.29 is 8.78 Å². The number of hydrogen-bond acceptors (Lipinski definition) is 2. The van der Waals surface area contributed by atoms with E-state index in [0.717, 1.165) is 0 Å². The summed E-state index contributed by atoms with van der Waals surface area (Å²) in [5, 5.41) is -0.223. The maximum absolute atomic E-state index is 13.1. The Bertz CT molecular complexity index is 319. The summed E-state index contributed by atoms with van der Waals surface area (Å²) in [6.07, 6.45) is 1.35. The molecule has 0 saturated heterocycles. The van der Waals surface area contributed by atoms with Gasteiger partial charge in [-0.25, -0.2) is 4.98 Å². The minimum Gasteiger partial charge on any atom is -0.325 e. The molecule has 0 aromatic carbocycles. The van der Waals surface area contributed by atoms with E-state index in [4.69, 9.17) is 17.3 Å². The van der Waals surface area contributed by atoms with Crippen molar-refractivity contribution >= 4 is 27.5 Å². The van der Waals surface area contributed by atoms with Gasteiger partial charge in [0.15, 0.2) is 0 Å². The fourth-order valence-electron chi connectivity index (χ4n) is 0.789. The third kappa shape index (κ3) is 2.36. The van der Waals surface area contributed by atoms with Gasteiger partial charge in [0, 0.05) is 10.7 Å². The summed E-state index contributed by atoms with van der Waals surface area (Å²) in [6, 6.07) is 1.21. The maximum Gasteiger partial charge on any atom is 0.288 e. The van der Waals surface area contributed by atoms with Crippen molar-refractivity contribution in [3.63, 3.8) is 0 Å². The Balaban J connectivity index is 3.20. The molecule has 2 nitrogen and oxygen atoms in total. The number of alkyl halides is 2. The second kappa shape index (κ2) is 3.86. The molecule has 0 unspecified atom stereocenters. The number of nitrogens with zero attached hydrogens (tertiary/aromatic N) is 1. The first-order valence-corrected chi connectivity index (χ1v) is 4.54. The van der Waals surface area contributed by atoms with Crippen molar-refractivity contribution in [3.8, 4) is 0 Å². The topological polar surface area (TPSA) is 38.9 Å². The van der Waals surface area contributed by atoms with Crippen LogP contribution in [0.1, 0.15) is 5.56 Å². The highest BCUT2D eigenvalue weighted by Gasteiger charge is 2.32. The minimum absolute atomic E-state index is 0.223. The van der Waals surface area contributed by atoms with Gasteiger partial charge in [0.05, 0.1) is 12.1 Å². The van der Waals surface area contributed by atoms with E-state index in [1.165, 1.54) is 12.3 Å². The number of hydrogen-bond donors (Lipinski definition) is 1. The van der Waals surface area contributed by atoms with Gasteiger partial charge in [0.1, 0.15) is 5.15 Å². The highest BCUT2D eigenvalue weighted by molar-refractivity contribution is 9.10. The van der Waals surface area contributed by atoms with Crippen LogP contribution in [-0.2, 0) is 5.92 Å². The van der Waals surface area contributed by atoms with E-state index in [9.17, 15) is 8.78 Å². The zero-order valence-corrected chi connectivity index (χ0v) is 8.74. The summed E-state index contributed by atoms with van der Waals surface area (Å²) in [7, 11) is 0. The van der Waals surface area contributed by atoms with E-state index in [1.807, 2.05) is 0 Å². The molecule has 1 aromatic heterocycles. The van der Waals surface area contributed by atoms with Crippen LogP contribution in [0, 0.1) is 0 Å². The smallest absolute Gasteiger partial charge is 0.288 e. The van der Waals surface area contributed by atoms with Gasteiger partial charge in [-0.3, -0.25) is 0 Å². The summed E-state index contributed by atoms with van der Waals surface area (Å²) in [5.41, 5.74) is 4.55. The number of pyridine rings is 1. The summed E-state index contributed by atoms with van der Waals surface area (Å²) >= 11 is 8.51. The summed E-state index contributed by atoms with van der Waals surface area (Å²) in [5.74, 6) is -3.13. The third-order valence-electron chi connectivity index (χ3n) is 1.46. The van der Waals surface area contributed by atoms with Crippen LogP contribution in [0.15, 0.2) is 16.7 Å². The Morgan fingerprint density at radius 3 is 2.77 bits per heavy atom. The van der Waals surface area contributed by atoms with Gasteiger partial charge in [-0.15, -0.1) is 0 Å². The molecule has 1 heterocycles. The molecule has 0 spiro atoms. The predicted molar refractivity (Wildman–Crippen MR) is 49.9 cm³/mol. The average Bonchev–Trinajstić information content (AvgIpc) is 2.09. The lowest BCUT2D eigenvalue weighted by Crippen LogP contribution is -2.25. The quantitative estimate of drug-likeness (QED) is 0.840. The Hall–Kier alpha value is -0.260. The van der Waals surface area contributed by atoms with E-state index in [2.05, 4.69) is 20.9 Å². The zero-order chi connectivity index (χ0) is 10.1. The molecular formula is C7H6BrClF2N2. The molecule has 6 heteroatoms. The Labute approximate surface area is 87.2 Å². The van der Waals surface area contributed by atoms with E-state index in [-0.39, 0.29) is 10.7 Å². The van der Waals surface area contributed by atoms with Gasteiger partial charge in [0.2, 0.25) is 0 Å². The van der Waals surface area contributed by atoms with E-state index in [1.54, 1.807) is 0 Å². The highest BCUT2D eigenvalue weighted by atomic mass is 79.9. The summed E-state index contributed by atoms with van der Waals surface area (Å²) in [6.45, 7) is -0.787. The second-order valence-electron chi connectivity index (χ2n) is 2.40. The van der Waals surface area contributed by atoms with Crippen molar-refractivity contribution in [3.05, 3.63) is 27.5 Å². The van der Waals surface area contributed by atoms with E-state index < -0.39 is 12.5 Å². The van der Waals surface area contributed by atoms with Gasteiger partial charge in [0.25, 0.3) is 5.92 Å². The summed E-state index contributed by atoms with van der Waals surface area (Å²) < 4.78 is 26.6. The fraction of sp³-hybridized carbons (Fsp3) is 0.286. The van der Waals surface area contributed by atoms with Crippen LogP contribution in [0.2, 0.25) is 5.15 Å². The Kier molecular flexibility index (Phi) is 3.21. The maximum atomic E-state index is 13.1. The van der Waals surface area contributed by atoms with Crippen LogP contribution >= 0.6 is 27.5 Å². The van der Waals surface area contributed by atoms with Crippen LogP contribution in [0.3, 0.4) is 0 Å². The van der Waals surface area contributed by atoms with Crippen LogP contribution < -0.4 is 5.73 Å². The molecule has 0 bridgehead atoms. The van der Waals surface area contributed by atoms with Crippen LogP contribution in [0.4, 0.5) is 8.78 Å². The van der Waals surface area contributed by atoms with Crippen molar-refractivity contribution in [1.29, 1.82) is 0 Å². The molecule has 0 atom stereocenters. The monoisotopic (exact) mass is 270 g/mol. The number of nitrogens with two attached hydrogens (primary N) is 1. The molecule has 1 rings (SSSR count). The van der Waals surface area contributed by atoms with Gasteiger partial charge in [-0.2, -0.15) is 8.78 Å². The predicted octanol–water partition coefficient (Wildman–Crippen LogP) is 2.55. The van der Waals surface area contributed by atoms with Gasteiger partial charge in [-0.1, -0.05) is 11.6 Å². The van der Waals surface area contributed by atoms with Crippen molar-refractivity contribution in [2.75, 3.05) is 6.54 Å². The normalized spacial score (nSPS) is 11.8. The average molecular weight is 271 g/mol. The Morgan fingerprint density at radius 1 is 1.62 bits per heavy atom. The Morgan fingerprint density at radius 2 is 2.23 bits per heavy atom. The van der Waals surface area contributed by atoms with Crippen LogP contribution in [-0.4, -0.2) is 11.5 Å². The first-order valence-electron chi connectivity index (χ1n) is 3.37. The molecule has 2 N–H and O–H groups in total. The number of halogens is 4. The number of aromatic nitrogens is 1. The molecule has 13 heavy (non-hydrogen) atoms. The second-order valence-corrected chi connectivity index (χ2v) is 3.67. The highest BCUT2D eigenvalue weighted by Crippen LogP contribution is 2.32. The zero-order valence-electron chi connectivity index (χ0n) is 6.40. The molecule has 0 radical (unpaired) electrons. The molecule has 0 aliphatic heterocycles. The van der Waals surface area contributed by atoms with Crippen LogP contribution in [0.25, 0.3) is 0 Å². The van der Waals surface area contributed by atoms with Gasteiger partial charge >= 0.3 is 0 Å². The SMILES string of the molecule is NCC(F)(F)c1cc(Br)cnc1Cl. The van der Waals surface area contributed by atoms with Gasteiger partial charge in [-0.05, 0) is 22.0 Å². The first kappa shape index (κ1) is 10.8. The van der Waals surface area contributed by atoms with Crippen molar-refractivity contribution in [1.82, 2.24) is 4.98 Å². The molecule has 1 aromatic rings. The third-order valence-corrected chi connectivity index (χ3v) is 2.19. The first-order chi connectivity index (χ1) is 5.97. The lowest BCUT2D eigenvalue weighted by atomic mass is 10.1. The fourth-order valence-corrected chi connectivity index (χ4v) is 1.36. The lowest BCUT2D eigenvalue weighted by Gasteiger charge is -2.14. The van der Waals surface area contributed by atoms with E-state index in [0.29, 0.717) is 4.47 Å². The number of rotatable bonds is 2.